The van der Waals surface area contributed by atoms with E-state index in [1.165, 1.54) is 5.56 Å². The zero-order valence-electron chi connectivity index (χ0n) is 13.8. The summed E-state index contributed by atoms with van der Waals surface area (Å²) in [6.45, 7) is 2.76. The Morgan fingerprint density at radius 1 is 1.25 bits per heavy atom. The van der Waals surface area contributed by atoms with Crippen LogP contribution in [0.2, 0.25) is 0 Å². The van der Waals surface area contributed by atoms with E-state index in [-0.39, 0.29) is 12.3 Å². The molecule has 124 valence electrons. The van der Waals surface area contributed by atoms with Crippen LogP contribution < -0.4 is 14.8 Å². The number of nitrogens with one attached hydrogen (secondary N) is 1. The van der Waals surface area contributed by atoms with E-state index in [2.05, 4.69) is 11.4 Å². The molecule has 0 aliphatic carbocycles. The summed E-state index contributed by atoms with van der Waals surface area (Å²) in [7, 11) is 1.59. The molecule has 0 atom stereocenters. The summed E-state index contributed by atoms with van der Waals surface area (Å²) in [5.74, 6) is 1.02. The van der Waals surface area contributed by atoms with Gasteiger partial charge in [-0.1, -0.05) is 29.8 Å². The summed E-state index contributed by atoms with van der Waals surface area (Å²) in [6, 6.07) is 15.4. The van der Waals surface area contributed by atoms with Crippen LogP contribution in [0.4, 0.5) is 0 Å². The molecule has 0 radical (unpaired) electrons. The summed E-state index contributed by atoms with van der Waals surface area (Å²) in [4.78, 5) is 11.5. The minimum Gasteiger partial charge on any atom is -0.497 e. The number of aryl methyl sites for hydroxylation is 1. The average Bonchev–Trinajstić information content (AvgIpc) is 2.58. The van der Waals surface area contributed by atoms with E-state index < -0.39 is 0 Å². The van der Waals surface area contributed by atoms with Gasteiger partial charge in [-0.25, -0.2) is 0 Å². The van der Waals surface area contributed by atoms with Crippen LogP contribution in [0.25, 0.3) is 0 Å². The lowest BCUT2D eigenvalue weighted by atomic mass is 10.1. The summed E-state index contributed by atoms with van der Waals surface area (Å²) in [6.07, 6.45) is -0.157. The minimum atomic E-state index is -0.307. The van der Waals surface area contributed by atoms with Gasteiger partial charge in [0.1, 0.15) is 24.5 Å². The van der Waals surface area contributed by atoms with Crippen LogP contribution in [0.3, 0.4) is 0 Å². The number of carbonyl (C=O) groups is 1. The van der Waals surface area contributed by atoms with Crippen LogP contribution in [0, 0.1) is 18.3 Å². The van der Waals surface area contributed by atoms with Gasteiger partial charge in [0, 0.05) is 18.2 Å². The number of amides is 1. The van der Waals surface area contributed by atoms with Gasteiger partial charge in [-0.2, -0.15) is 5.26 Å². The minimum absolute atomic E-state index is 0.157. The Bertz CT molecular complexity index is 751. The van der Waals surface area contributed by atoms with Crippen molar-refractivity contribution in [1.29, 1.82) is 5.26 Å². The maximum Gasteiger partial charge on any atom is 0.234 e. The van der Waals surface area contributed by atoms with Crippen molar-refractivity contribution in [3.8, 4) is 17.6 Å². The van der Waals surface area contributed by atoms with Gasteiger partial charge < -0.3 is 14.8 Å². The Balaban J connectivity index is 2.10. The molecule has 1 N–H and O–H groups in total. The molecule has 5 nitrogen and oxygen atoms in total. The highest BCUT2D eigenvalue weighted by Crippen LogP contribution is 2.26. The monoisotopic (exact) mass is 324 g/mol. The molecular formula is C19H20N2O3. The van der Waals surface area contributed by atoms with E-state index in [1.54, 1.807) is 13.2 Å². The fraction of sp³-hybridized carbons (Fsp3) is 0.263. The predicted molar refractivity (Wildman–Crippen MR) is 90.6 cm³/mol. The number of hydrogen-bond acceptors (Lipinski definition) is 4. The Hall–Kier alpha value is -3.00. The zero-order chi connectivity index (χ0) is 17.4. The second-order valence-electron chi connectivity index (χ2n) is 5.36. The molecule has 2 aromatic rings. The lowest BCUT2D eigenvalue weighted by Gasteiger charge is -2.14. The van der Waals surface area contributed by atoms with E-state index >= 15 is 0 Å². The number of carbonyl (C=O) groups excluding carboxylic acids is 1. The molecule has 0 saturated heterocycles. The largest absolute Gasteiger partial charge is 0.497 e. The molecule has 0 saturated carbocycles. The highest BCUT2D eigenvalue weighted by atomic mass is 16.5. The molecule has 0 aliphatic rings. The van der Waals surface area contributed by atoms with E-state index in [0.717, 1.165) is 11.1 Å². The van der Waals surface area contributed by atoms with E-state index in [1.807, 2.05) is 43.3 Å². The number of nitriles is 1. The Labute approximate surface area is 141 Å². The third kappa shape index (κ3) is 5.03. The van der Waals surface area contributed by atoms with Crippen molar-refractivity contribution in [3.05, 3.63) is 59.2 Å². The molecule has 24 heavy (non-hydrogen) atoms. The first-order chi connectivity index (χ1) is 11.6. The van der Waals surface area contributed by atoms with Crippen molar-refractivity contribution >= 4 is 5.91 Å². The van der Waals surface area contributed by atoms with Gasteiger partial charge in [0.05, 0.1) is 13.2 Å². The predicted octanol–water partition coefficient (Wildman–Crippen LogP) is 3.11. The van der Waals surface area contributed by atoms with Crippen LogP contribution in [0.1, 0.15) is 23.1 Å². The van der Waals surface area contributed by atoms with E-state index in [4.69, 9.17) is 14.7 Å². The fourth-order valence-corrected chi connectivity index (χ4v) is 2.23. The Kier molecular flexibility index (Phi) is 6.21. The second kappa shape index (κ2) is 8.59. The fourth-order valence-electron chi connectivity index (χ4n) is 2.23. The Morgan fingerprint density at radius 3 is 2.79 bits per heavy atom. The van der Waals surface area contributed by atoms with Crippen molar-refractivity contribution in [3.63, 3.8) is 0 Å². The maximum absolute atomic E-state index is 11.5. The molecule has 0 heterocycles. The summed E-state index contributed by atoms with van der Waals surface area (Å²) in [5.41, 5.74) is 3.07. The molecule has 0 spiro atoms. The van der Waals surface area contributed by atoms with Crippen LogP contribution in [-0.2, 0) is 17.9 Å². The van der Waals surface area contributed by atoms with Gasteiger partial charge in [0.2, 0.25) is 5.91 Å². The van der Waals surface area contributed by atoms with Crippen molar-refractivity contribution < 1.29 is 14.3 Å². The third-order valence-corrected chi connectivity index (χ3v) is 3.47. The van der Waals surface area contributed by atoms with E-state index in [9.17, 15) is 4.79 Å². The van der Waals surface area contributed by atoms with Gasteiger partial charge in [-0.05, 0) is 24.6 Å². The number of rotatable bonds is 7. The number of benzene rings is 2. The van der Waals surface area contributed by atoms with Gasteiger partial charge in [-0.15, -0.1) is 0 Å². The lowest BCUT2D eigenvalue weighted by Crippen LogP contribution is -2.22. The SMILES string of the molecule is COc1ccc(CNC(=O)CC#N)c(OCc2cccc(C)c2)c1. The van der Waals surface area contributed by atoms with Crippen LogP contribution in [-0.4, -0.2) is 13.0 Å². The standard InChI is InChI=1S/C19H20N2O3/c1-14-4-3-5-15(10-14)13-24-18-11-17(23-2)7-6-16(18)12-21-19(22)8-9-20/h3-7,10-11H,8,12-13H2,1-2H3,(H,21,22). The molecule has 0 unspecified atom stereocenters. The summed E-state index contributed by atoms with van der Waals surface area (Å²) >= 11 is 0. The third-order valence-electron chi connectivity index (χ3n) is 3.47. The van der Waals surface area contributed by atoms with Crippen molar-refractivity contribution in [2.24, 2.45) is 0 Å². The maximum atomic E-state index is 11.5. The highest BCUT2D eigenvalue weighted by Gasteiger charge is 2.08. The zero-order valence-corrected chi connectivity index (χ0v) is 13.8. The number of methoxy groups -OCH3 is 1. The highest BCUT2D eigenvalue weighted by molar-refractivity contribution is 5.78. The van der Waals surface area contributed by atoms with Gasteiger partial charge in [0.25, 0.3) is 0 Å². The van der Waals surface area contributed by atoms with Crippen LogP contribution >= 0.6 is 0 Å². The molecule has 0 bridgehead atoms. The smallest absolute Gasteiger partial charge is 0.234 e. The molecule has 1 amide bonds. The quantitative estimate of drug-likeness (QED) is 0.849. The molecule has 0 aliphatic heterocycles. The van der Waals surface area contributed by atoms with Crippen molar-refractivity contribution in [1.82, 2.24) is 5.32 Å². The topological polar surface area (TPSA) is 71.3 Å². The van der Waals surface area contributed by atoms with Crippen LogP contribution in [0.15, 0.2) is 42.5 Å². The number of ether oxygens (including phenoxy) is 2. The number of hydrogen-bond donors (Lipinski definition) is 1. The molecule has 2 rings (SSSR count). The van der Waals surface area contributed by atoms with Crippen LogP contribution in [0.5, 0.6) is 11.5 Å². The molecular weight excluding hydrogens is 304 g/mol. The van der Waals surface area contributed by atoms with Crippen molar-refractivity contribution in [2.45, 2.75) is 26.5 Å². The lowest BCUT2D eigenvalue weighted by molar-refractivity contribution is -0.120. The van der Waals surface area contributed by atoms with Gasteiger partial charge in [0.15, 0.2) is 0 Å². The first kappa shape index (κ1) is 17.4. The molecule has 5 heteroatoms. The summed E-state index contributed by atoms with van der Waals surface area (Å²) in [5, 5.41) is 11.2. The van der Waals surface area contributed by atoms with Gasteiger partial charge >= 0.3 is 0 Å². The molecule has 0 aromatic heterocycles. The number of nitrogens with zero attached hydrogens (tertiary/aromatic N) is 1. The summed E-state index contributed by atoms with van der Waals surface area (Å²) < 4.78 is 11.2. The molecule has 2 aromatic carbocycles. The normalized spacial score (nSPS) is 9.88. The molecule has 0 fully saturated rings. The second-order valence-corrected chi connectivity index (χ2v) is 5.36. The van der Waals surface area contributed by atoms with Gasteiger partial charge in [-0.3, -0.25) is 4.79 Å². The first-order valence-corrected chi connectivity index (χ1v) is 7.61. The van der Waals surface area contributed by atoms with E-state index in [0.29, 0.717) is 24.7 Å². The first-order valence-electron chi connectivity index (χ1n) is 7.61. The average molecular weight is 324 g/mol. The van der Waals surface area contributed by atoms with Crippen molar-refractivity contribution in [2.75, 3.05) is 7.11 Å². The Morgan fingerprint density at radius 2 is 2.08 bits per heavy atom.